The number of benzene rings is 1. The number of imide groups is 1. The fraction of sp³-hybridized carbons (Fsp3) is 0.158. The first-order valence-corrected chi connectivity index (χ1v) is 8.84. The predicted octanol–water partition coefficient (Wildman–Crippen LogP) is 1.53. The van der Waals surface area contributed by atoms with E-state index < -0.39 is 41.1 Å². The maximum atomic E-state index is 12.6. The van der Waals surface area contributed by atoms with Gasteiger partial charge in [0.05, 0.1) is 18.6 Å². The molecule has 3 amide bonds. The van der Waals surface area contributed by atoms with Crippen LogP contribution in [0.1, 0.15) is 21.9 Å². The molecule has 1 saturated heterocycles. The van der Waals surface area contributed by atoms with Crippen molar-refractivity contribution in [3.05, 3.63) is 63.2 Å². The van der Waals surface area contributed by atoms with Crippen molar-refractivity contribution in [2.75, 3.05) is 13.7 Å². The number of nitro groups is 1. The predicted molar refractivity (Wildman–Crippen MR) is 103 cm³/mol. The second kappa shape index (κ2) is 8.99. The van der Waals surface area contributed by atoms with E-state index in [0.29, 0.717) is 0 Å². The number of carbonyl (C=O) groups is 4. The summed E-state index contributed by atoms with van der Waals surface area (Å²) in [6, 6.07) is 5.60. The Labute approximate surface area is 179 Å². The van der Waals surface area contributed by atoms with Gasteiger partial charge in [0.25, 0.3) is 5.91 Å². The molecule has 13 nitrogen and oxygen atoms in total. The number of carboxylic acid groups (broad SMARTS) is 1. The fourth-order valence-corrected chi connectivity index (χ4v) is 2.74. The van der Waals surface area contributed by atoms with E-state index in [4.69, 9.17) is 14.3 Å². The summed E-state index contributed by atoms with van der Waals surface area (Å²) in [4.78, 5) is 58.2. The van der Waals surface area contributed by atoms with Gasteiger partial charge in [0.1, 0.15) is 11.5 Å². The maximum absolute atomic E-state index is 12.6. The van der Waals surface area contributed by atoms with Crippen LogP contribution in [0.5, 0.6) is 5.75 Å². The van der Waals surface area contributed by atoms with Crippen molar-refractivity contribution < 1.29 is 43.1 Å². The Bertz CT molecular complexity index is 1150. The number of esters is 1. The molecule has 0 radical (unpaired) electrons. The molecule has 0 saturated carbocycles. The van der Waals surface area contributed by atoms with Crippen LogP contribution in [0.25, 0.3) is 6.08 Å². The van der Waals surface area contributed by atoms with Gasteiger partial charge in [-0.1, -0.05) is 6.07 Å². The molecule has 2 heterocycles. The molecule has 2 N–H and O–H groups in total. The lowest BCUT2D eigenvalue weighted by Crippen LogP contribution is -2.30. The molecule has 0 unspecified atom stereocenters. The Balaban J connectivity index is 1.80. The van der Waals surface area contributed by atoms with Gasteiger partial charge in [-0.25, -0.2) is 14.4 Å². The van der Waals surface area contributed by atoms with Crippen molar-refractivity contribution in [1.82, 2.24) is 10.2 Å². The number of nitrogens with one attached hydrogen (secondary N) is 1. The first-order valence-electron chi connectivity index (χ1n) is 8.84. The van der Waals surface area contributed by atoms with Gasteiger partial charge in [0, 0.05) is 6.07 Å². The van der Waals surface area contributed by atoms with Crippen molar-refractivity contribution in [2.45, 2.75) is 6.54 Å². The lowest BCUT2D eigenvalue weighted by atomic mass is 10.1. The summed E-state index contributed by atoms with van der Waals surface area (Å²) in [6.07, 6.45) is 1.22. The fourth-order valence-electron chi connectivity index (χ4n) is 2.74. The monoisotopic (exact) mass is 445 g/mol. The van der Waals surface area contributed by atoms with E-state index in [1.807, 2.05) is 0 Å². The minimum atomic E-state index is -1.31. The molecule has 13 heteroatoms. The topological polar surface area (TPSA) is 179 Å². The number of carbonyl (C=O) groups excluding carboxylic acids is 3. The average molecular weight is 445 g/mol. The lowest BCUT2D eigenvalue weighted by molar-refractivity contribution is -0.385. The van der Waals surface area contributed by atoms with E-state index in [2.05, 4.69) is 10.1 Å². The number of amides is 3. The molecule has 1 aliphatic heterocycles. The third-order valence-corrected chi connectivity index (χ3v) is 4.17. The summed E-state index contributed by atoms with van der Waals surface area (Å²) >= 11 is 0. The number of methoxy groups -OCH3 is 1. The van der Waals surface area contributed by atoms with Crippen LogP contribution >= 0.6 is 0 Å². The molecule has 1 aliphatic rings. The summed E-state index contributed by atoms with van der Waals surface area (Å²) < 4.78 is 14.6. The zero-order chi connectivity index (χ0) is 23.4. The Morgan fingerprint density at radius 2 is 2.03 bits per heavy atom. The third kappa shape index (κ3) is 4.72. The number of nitrogens with zero attached hydrogens (tertiary/aromatic N) is 2. The highest BCUT2D eigenvalue weighted by molar-refractivity contribution is 6.13. The summed E-state index contributed by atoms with van der Waals surface area (Å²) in [5, 5.41) is 22.3. The number of hydrogen-bond donors (Lipinski definition) is 2. The molecular formula is C19H15N3O10. The van der Waals surface area contributed by atoms with Gasteiger partial charge in [-0.3, -0.25) is 19.8 Å². The molecule has 0 aliphatic carbocycles. The van der Waals surface area contributed by atoms with Crippen LogP contribution in [0.2, 0.25) is 0 Å². The first kappa shape index (κ1) is 22.0. The van der Waals surface area contributed by atoms with Crippen LogP contribution in [0.15, 0.2) is 40.4 Å². The first-order chi connectivity index (χ1) is 15.2. The zero-order valence-electron chi connectivity index (χ0n) is 16.4. The van der Waals surface area contributed by atoms with Crippen molar-refractivity contribution in [1.29, 1.82) is 0 Å². The molecule has 0 spiro atoms. The van der Waals surface area contributed by atoms with E-state index in [1.54, 1.807) is 0 Å². The zero-order valence-corrected chi connectivity index (χ0v) is 16.4. The van der Waals surface area contributed by atoms with Crippen molar-refractivity contribution >= 4 is 35.6 Å². The highest BCUT2D eigenvalue weighted by Crippen LogP contribution is 2.29. The number of carboxylic acids is 1. The molecular weight excluding hydrogens is 430 g/mol. The number of ether oxygens (including phenoxy) is 2. The highest BCUT2D eigenvalue weighted by atomic mass is 16.6. The van der Waals surface area contributed by atoms with Crippen molar-refractivity contribution in [3.63, 3.8) is 0 Å². The van der Waals surface area contributed by atoms with Gasteiger partial charge in [-0.2, -0.15) is 0 Å². The summed E-state index contributed by atoms with van der Waals surface area (Å²) in [5.74, 6) is -2.94. The minimum absolute atomic E-state index is 0.0946. The minimum Gasteiger partial charge on any atom is -0.479 e. The van der Waals surface area contributed by atoms with Gasteiger partial charge >= 0.3 is 23.7 Å². The van der Waals surface area contributed by atoms with Crippen LogP contribution in [-0.2, 0) is 20.9 Å². The Morgan fingerprint density at radius 1 is 1.28 bits per heavy atom. The number of nitro benzene ring substituents is 1. The van der Waals surface area contributed by atoms with Crippen molar-refractivity contribution in [2.24, 2.45) is 0 Å². The largest absolute Gasteiger partial charge is 0.479 e. The van der Waals surface area contributed by atoms with Gasteiger partial charge in [0.2, 0.25) is 5.76 Å². The SMILES string of the molecule is COC(=O)c1ccc(CN2C(=O)NC(=Cc3ccc(OCC(=O)O)c([N+](=O)[O-])c3)C2=O)o1. The van der Waals surface area contributed by atoms with Crippen molar-refractivity contribution in [3.8, 4) is 5.75 Å². The Kier molecular flexibility index (Phi) is 6.19. The second-order valence-electron chi connectivity index (χ2n) is 6.30. The summed E-state index contributed by atoms with van der Waals surface area (Å²) in [7, 11) is 1.17. The van der Waals surface area contributed by atoms with E-state index >= 15 is 0 Å². The van der Waals surface area contributed by atoms with Gasteiger partial charge in [-0.05, 0) is 29.8 Å². The standard InChI is InChI=1S/C19H15N3O10/c1-30-18(26)15-5-3-11(32-15)8-21-17(25)12(20-19(21)27)6-10-2-4-14(31-9-16(23)24)13(7-10)22(28)29/h2-7H,8-9H2,1H3,(H,20,27)(H,23,24). The molecule has 1 aromatic heterocycles. The average Bonchev–Trinajstić information content (AvgIpc) is 3.32. The highest BCUT2D eigenvalue weighted by Gasteiger charge is 2.34. The molecule has 0 atom stereocenters. The second-order valence-corrected chi connectivity index (χ2v) is 6.30. The number of furan rings is 1. The number of urea groups is 1. The van der Waals surface area contributed by atoms with Crippen LogP contribution in [0, 0.1) is 10.1 Å². The van der Waals surface area contributed by atoms with E-state index in [9.17, 15) is 29.3 Å². The van der Waals surface area contributed by atoms with E-state index in [-0.39, 0.29) is 35.1 Å². The molecule has 3 rings (SSSR count). The Morgan fingerprint density at radius 3 is 2.69 bits per heavy atom. The van der Waals surface area contributed by atoms with Gasteiger partial charge in [0.15, 0.2) is 12.4 Å². The molecule has 0 bridgehead atoms. The quantitative estimate of drug-likeness (QED) is 0.199. The van der Waals surface area contributed by atoms with E-state index in [0.717, 1.165) is 11.0 Å². The molecule has 1 aromatic carbocycles. The maximum Gasteiger partial charge on any atom is 0.373 e. The third-order valence-electron chi connectivity index (χ3n) is 4.17. The molecule has 166 valence electrons. The van der Waals surface area contributed by atoms with Crippen LogP contribution in [0.3, 0.4) is 0 Å². The molecule has 2 aromatic rings. The summed E-state index contributed by atoms with van der Waals surface area (Å²) in [5.41, 5.74) is -0.473. The van der Waals surface area contributed by atoms with Gasteiger partial charge < -0.3 is 24.3 Å². The number of rotatable bonds is 8. The van der Waals surface area contributed by atoms with Crippen LogP contribution < -0.4 is 10.1 Å². The lowest BCUT2D eigenvalue weighted by Gasteiger charge is -2.09. The smallest absolute Gasteiger partial charge is 0.373 e. The number of aliphatic carboxylic acids is 1. The molecule has 1 fully saturated rings. The number of hydrogen-bond acceptors (Lipinski definition) is 9. The normalized spacial score (nSPS) is 14.4. The van der Waals surface area contributed by atoms with E-state index in [1.165, 1.54) is 37.5 Å². The summed E-state index contributed by atoms with van der Waals surface area (Å²) in [6.45, 7) is -1.03. The van der Waals surface area contributed by atoms with Gasteiger partial charge in [-0.15, -0.1) is 0 Å². The Hall–Kier alpha value is -4.68. The van der Waals surface area contributed by atoms with Crippen LogP contribution in [0.4, 0.5) is 10.5 Å². The van der Waals surface area contributed by atoms with Crippen LogP contribution in [-0.4, -0.2) is 52.5 Å². The molecule has 32 heavy (non-hydrogen) atoms.